The summed E-state index contributed by atoms with van der Waals surface area (Å²) in [4.78, 5) is 25.8. The fourth-order valence-corrected chi connectivity index (χ4v) is 4.52. The molecule has 9 nitrogen and oxygen atoms in total. The van der Waals surface area contributed by atoms with Gasteiger partial charge in [0.25, 0.3) is 5.91 Å². The zero-order chi connectivity index (χ0) is 23.3. The molecule has 0 spiro atoms. The summed E-state index contributed by atoms with van der Waals surface area (Å²) in [5.41, 5.74) is 3.49. The third kappa shape index (κ3) is 5.58. The van der Waals surface area contributed by atoms with E-state index < -0.39 is 0 Å². The van der Waals surface area contributed by atoms with Crippen molar-refractivity contribution >= 4 is 18.3 Å². The van der Waals surface area contributed by atoms with Gasteiger partial charge >= 0.3 is 0 Å². The van der Waals surface area contributed by atoms with E-state index in [2.05, 4.69) is 62.4 Å². The predicted octanol–water partition coefficient (Wildman–Crippen LogP) is 3.05. The second-order valence-electron chi connectivity index (χ2n) is 8.62. The number of carbonyl (C=O) groups is 1. The molecule has 10 heteroatoms. The number of amides is 1. The summed E-state index contributed by atoms with van der Waals surface area (Å²) in [5.74, 6) is 0.0388. The maximum Gasteiger partial charge on any atom is 0.253 e. The largest absolute Gasteiger partial charge is 0.339 e. The first-order valence-corrected chi connectivity index (χ1v) is 11.6. The Labute approximate surface area is 210 Å². The molecule has 4 aromatic rings. The lowest BCUT2D eigenvalue weighted by Gasteiger charge is -2.37. The van der Waals surface area contributed by atoms with Crippen LogP contribution >= 0.6 is 12.4 Å². The van der Waals surface area contributed by atoms with Crippen LogP contribution in [0.15, 0.2) is 73.8 Å². The van der Waals surface area contributed by atoms with Crippen molar-refractivity contribution in [2.75, 3.05) is 26.7 Å². The average Bonchev–Trinajstić information content (AvgIpc) is 3.62. The van der Waals surface area contributed by atoms with Crippen molar-refractivity contribution in [1.29, 1.82) is 0 Å². The number of carbonyl (C=O) groups excluding carboxylic acids is 1. The summed E-state index contributed by atoms with van der Waals surface area (Å²) in [6, 6.07) is 16.7. The predicted molar refractivity (Wildman–Crippen MR) is 135 cm³/mol. The SMILES string of the molecule is CN(CCc1ccccc1)C1CCN(C(=O)c2ccc(-n3cncn3)c(-n3cncn3)c2)CC1.Cl. The second kappa shape index (κ2) is 11.2. The van der Waals surface area contributed by atoms with Gasteiger partial charge in [-0.3, -0.25) is 4.79 Å². The van der Waals surface area contributed by atoms with Crippen molar-refractivity contribution in [2.24, 2.45) is 0 Å². The standard InChI is InChI=1S/C25H28N8O.ClH/c1-30(12-9-20-5-3-2-4-6-20)22-10-13-31(14-11-22)25(34)21-7-8-23(32-18-26-16-28-32)24(15-21)33-19-27-17-29-33;/h2-8,15-19,22H,9-14H2,1H3;1H. The van der Waals surface area contributed by atoms with Crippen molar-refractivity contribution in [3.05, 3.63) is 85.0 Å². The number of piperidine rings is 1. The number of hydrogen-bond acceptors (Lipinski definition) is 6. The van der Waals surface area contributed by atoms with Crippen molar-refractivity contribution in [3.63, 3.8) is 0 Å². The first kappa shape index (κ1) is 24.6. The third-order valence-electron chi connectivity index (χ3n) is 6.52. The summed E-state index contributed by atoms with van der Waals surface area (Å²) < 4.78 is 3.30. The van der Waals surface area contributed by atoms with E-state index in [0.717, 1.165) is 50.3 Å². The van der Waals surface area contributed by atoms with Crippen molar-refractivity contribution in [2.45, 2.75) is 25.3 Å². The van der Waals surface area contributed by atoms with Crippen LogP contribution in [0.25, 0.3) is 11.4 Å². The minimum absolute atomic E-state index is 0. The van der Waals surface area contributed by atoms with Gasteiger partial charge in [0.15, 0.2) is 0 Å². The van der Waals surface area contributed by atoms with Gasteiger partial charge in [0.05, 0.1) is 11.4 Å². The molecule has 1 amide bonds. The van der Waals surface area contributed by atoms with Gasteiger partial charge in [0.2, 0.25) is 0 Å². The van der Waals surface area contributed by atoms with Gasteiger partial charge in [0.1, 0.15) is 25.3 Å². The van der Waals surface area contributed by atoms with Crippen LogP contribution < -0.4 is 0 Å². The van der Waals surface area contributed by atoms with E-state index in [1.807, 2.05) is 23.1 Å². The van der Waals surface area contributed by atoms with E-state index in [9.17, 15) is 4.79 Å². The Morgan fingerprint density at radius 1 is 0.943 bits per heavy atom. The average molecular weight is 493 g/mol. The van der Waals surface area contributed by atoms with Crippen LogP contribution in [-0.2, 0) is 6.42 Å². The van der Waals surface area contributed by atoms with E-state index in [0.29, 0.717) is 11.6 Å². The normalized spacial score (nSPS) is 14.2. The molecular formula is C25H29ClN8O. The van der Waals surface area contributed by atoms with Crippen LogP contribution in [0.5, 0.6) is 0 Å². The van der Waals surface area contributed by atoms with Gasteiger partial charge in [-0.05, 0) is 50.1 Å². The maximum atomic E-state index is 13.3. The summed E-state index contributed by atoms with van der Waals surface area (Å²) in [6.45, 7) is 2.53. The minimum Gasteiger partial charge on any atom is -0.339 e. The Hall–Kier alpha value is -3.56. The highest BCUT2D eigenvalue weighted by molar-refractivity contribution is 5.95. The van der Waals surface area contributed by atoms with E-state index >= 15 is 0 Å². The lowest BCUT2D eigenvalue weighted by Crippen LogP contribution is -2.46. The summed E-state index contributed by atoms with van der Waals surface area (Å²) in [5, 5.41) is 8.48. The fraction of sp³-hybridized carbons (Fsp3) is 0.320. The van der Waals surface area contributed by atoms with Gasteiger partial charge in [0, 0.05) is 31.2 Å². The quantitative estimate of drug-likeness (QED) is 0.394. The highest BCUT2D eigenvalue weighted by Crippen LogP contribution is 2.23. The summed E-state index contributed by atoms with van der Waals surface area (Å²) in [6.07, 6.45) is 9.18. The molecule has 0 saturated carbocycles. The second-order valence-corrected chi connectivity index (χ2v) is 8.62. The molecule has 2 aromatic heterocycles. The van der Waals surface area contributed by atoms with Gasteiger partial charge in [-0.2, -0.15) is 10.2 Å². The molecule has 3 heterocycles. The molecule has 182 valence electrons. The molecule has 0 unspecified atom stereocenters. The van der Waals surface area contributed by atoms with Crippen LogP contribution in [0, 0.1) is 0 Å². The molecule has 0 aliphatic carbocycles. The number of halogens is 1. The molecule has 1 saturated heterocycles. The maximum absolute atomic E-state index is 13.3. The van der Waals surface area contributed by atoms with Gasteiger partial charge < -0.3 is 9.80 Å². The number of likely N-dealkylation sites (tertiary alicyclic amines) is 1. The van der Waals surface area contributed by atoms with Crippen LogP contribution in [0.4, 0.5) is 0 Å². The highest BCUT2D eigenvalue weighted by atomic mass is 35.5. The van der Waals surface area contributed by atoms with Gasteiger partial charge in [-0.15, -0.1) is 12.4 Å². The van der Waals surface area contributed by atoms with E-state index in [4.69, 9.17) is 0 Å². The Bertz CT molecular complexity index is 1210. The molecule has 2 aromatic carbocycles. The van der Waals surface area contributed by atoms with Crippen LogP contribution in [0.1, 0.15) is 28.8 Å². The summed E-state index contributed by atoms with van der Waals surface area (Å²) in [7, 11) is 2.19. The molecule has 1 aliphatic rings. The van der Waals surface area contributed by atoms with E-state index in [1.165, 1.54) is 18.2 Å². The number of benzene rings is 2. The van der Waals surface area contributed by atoms with Crippen molar-refractivity contribution in [1.82, 2.24) is 39.3 Å². The molecule has 35 heavy (non-hydrogen) atoms. The monoisotopic (exact) mass is 492 g/mol. The zero-order valence-corrected chi connectivity index (χ0v) is 20.5. The molecule has 5 rings (SSSR count). The first-order valence-electron chi connectivity index (χ1n) is 11.6. The number of likely N-dealkylation sites (N-methyl/N-ethyl adjacent to an activating group) is 1. The Balaban J connectivity index is 0.00000289. The molecule has 1 fully saturated rings. The number of hydrogen-bond donors (Lipinski definition) is 0. The Morgan fingerprint density at radius 3 is 2.23 bits per heavy atom. The molecule has 0 atom stereocenters. The smallest absolute Gasteiger partial charge is 0.253 e. The number of nitrogens with zero attached hydrogens (tertiary/aromatic N) is 8. The zero-order valence-electron chi connectivity index (χ0n) is 19.6. The molecule has 1 aliphatic heterocycles. The van der Waals surface area contributed by atoms with Crippen LogP contribution in [-0.4, -0.2) is 78.0 Å². The van der Waals surface area contributed by atoms with Gasteiger partial charge in [-0.25, -0.2) is 19.3 Å². The molecular weight excluding hydrogens is 464 g/mol. The topological polar surface area (TPSA) is 85.0 Å². The molecule has 0 radical (unpaired) electrons. The lowest BCUT2D eigenvalue weighted by molar-refractivity contribution is 0.0647. The summed E-state index contributed by atoms with van der Waals surface area (Å²) >= 11 is 0. The number of rotatable bonds is 7. The van der Waals surface area contributed by atoms with Crippen molar-refractivity contribution in [3.8, 4) is 11.4 Å². The van der Waals surface area contributed by atoms with Crippen LogP contribution in [0.2, 0.25) is 0 Å². The first-order chi connectivity index (χ1) is 16.7. The Morgan fingerprint density at radius 2 is 1.60 bits per heavy atom. The van der Waals surface area contributed by atoms with E-state index in [-0.39, 0.29) is 18.3 Å². The van der Waals surface area contributed by atoms with E-state index in [1.54, 1.807) is 22.0 Å². The molecule has 0 bridgehead atoms. The van der Waals surface area contributed by atoms with Gasteiger partial charge in [-0.1, -0.05) is 30.3 Å². The minimum atomic E-state index is 0. The third-order valence-corrected chi connectivity index (χ3v) is 6.52. The Kier molecular flexibility index (Phi) is 7.89. The molecule has 0 N–H and O–H groups in total. The van der Waals surface area contributed by atoms with Crippen molar-refractivity contribution < 1.29 is 4.79 Å². The lowest BCUT2D eigenvalue weighted by atomic mass is 10.0. The highest BCUT2D eigenvalue weighted by Gasteiger charge is 2.26. The number of aromatic nitrogens is 6. The fourth-order valence-electron chi connectivity index (χ4n) is 4.52. The van der Waals surface area contributed by atoms with Crippen LogP contribution in [0.3, 0.4) is 0 Å².